The second kappa shape index (κ2) is 12.9. The van der Waals surface area contributed by atoms with Crippen molar-refractivity contribution in [2.75, 3.05) is 77.4 Å². The molecule has 4 rings (SSSR count). The maximum Gasteiger partial charge on any atom is 0.225 e. The zero-order valence-corrected chi connectivity index (χ0v) is 21.1. The molecule has 0 aromatic carbocycles. The van der Waals surface area contributed by atoms with Crippen molar-refractivity contribution in [3.8, 4) is 0 Å². The van der Waals surface area contributed by atoms with Gasteiger partial charge in [0.25, 0.3) is 0 Å². The quantitative estimate of drug-likeness (QED) is 0.233. The summed E-state index contributed by atoms with van der Waals surface area (Å²) in [6.45, 7) is 10.9. The Morgan fingerprint density at radius 3 is 2.41 bits per heavy atom. The lowest BCUT2D eigenvalue weighted by Gasteiger charge is -2.36. The molecule has 4 heterocycles. The lowest BCUT2D eigenvalue weighted by molar-refractivity contribution is 0.169. The molecule has 0 aliphatic carbocycles. The molecule has 2 fully saturated rings. The van der Waals surface area contributed by atoms with Crippen LogP contribution in [0, 0.1) is 0 Å². The minimum absolute atomic E-state index is 0. The van der Waals surface area contributed by atoms with Crippen LogP contribution in [-0.4, -0.2) is 108 Å². The third-order valence-electron chi connectivity index (χ3n) is 5.90. The van der Waals surface area contributed by atoms with Gasteiger partial charge in [-0.05, 0) is 19.0 Å². The van der Waals surface area contributed by atoms with Crippen LogP contribution in [0.2, 0.25) is 0 Å². The van der Waals surface area contributed by atoms with Gasteiger partial charge in [-0.15, -0.1) is 24.0 Å². The number of halogens is 1. The molecule has 176 valence electrons. The van der Waals surface area contributed by atoms with Crippen molar-refractivity contribution >= 4 is 35.9 Å². The molecule has 1 N–H and O–H groups in total. The number of nitrogens with one attached hydrogen (secondary N) is 1. The summed E-state index contributed by atoms with van der Waals surface area (Å²) in [5.74, 6) is 1.85. The second-order valence-electron chi connectivity index (χ2n) is 7.96. The maximum absolute atomic E-state index is 4.93. The smallest absolute Gasteiger partial charge is 0.225 e. The molecule has 0 amide bonds. The van der Waals surface area contributed by atoms with Gasteiger partial charge in [-0.3, -0.25) is 14.8 Å². The molecule has 0 saturated carbocycles. The van der Waals surface area contributed by atoms with Crippen LogP contribution in [0.1, 0.15) is 12.1 Å². The topological polar surface area (TPSA) is 89.2 Å². The van der Waals surface area contributed by atoms with Gasteiger partial charge in [-0.1, -0.05) is 5.16 Å². The lowest BCUT2D eigenvalue weighted by atomic mass is 10.3. The van der Waals surface area contributed by atoms with Crippen LogP contribution < -0.4 is 10.2 Å². The van der Waals surface area contributed by atoms with Crippen molar-refractivity contribution in [2.24, 2.45) is 4.99 Å². The van der Waals surface area contributed by atoms with E-state index >= 15 is 0 Å². The Kier molecular flexibility index (Phi) is 9.93. The number of anilines is 1. The highest BCUT2D eigenvalue weighted by atomic mass is 127. The first-order chi connectivity index (χ1) is 15.3. The third kappa shape index (κ3) is 7.01. The highest BCUT2D eigenvalue weighted by Crippen LogP contribution is 2.10. The molecule has 0 unspecified atom stereocenters. The first kappa shape index (κ1) is 24.6. The lowest BCUT2D eigenvalue weighted by Crippen LogP contribution is -2.52. The molecule has 2 aliphatic heterocycles. The summed E-state index contributed by atoms with van der Waals surface area (Å²) >= 11 is 0. The molecular formula is C21H34IN9O. The van der Waals surface area contributed by atoms with Crippen LogP contribution in [0.15, 0.2) is 40.3 Å². The molecule has 2 aromatic rings. The fraction of sp³-hybridized carbons (Fsp3) is 0.619. The SMILES string of the molecule is CN=C(NCCCN1CCN(c2ncccn2)CC1)N1CCN(Cc2ccon2)CC1.I. The van der Waals surface area contributed by atoms with Gasteiger partial charge < -0.3 is 19.6 Å². The molecule has 0 bridgehead atoms. The van der Waals surface area contributed by atoms with E-state index in [2.05, 4.69) is 45.0 Å². The fourth-order valence-electron chi connectivity index (χ4n) is 4.13. The number of rotatable bonds is 7. The van der Waals surface area contributed by atoms with Crippen LogP contribution in [0.5, 0.6) is 0 Å². The van der Waals surface area contributed by atoms with E-state index in [0.717, 1.165) is 96.0 Å². The highest BCUT2D eigenvalue weighted by molar-refractivity contribution is 14.0. The van der Waals surface area contributed by atoms with Gasteiger partial charge in [0, 0.05) is 91.0 Å². The Morgan fingerprint density at radius 1 is 1.03 bits per heavy atom. The number of hydrogen-bond donors (Lipinski definition) is 1. The van der Waals surface area contributed by atoms with Crippen molar-refractivity contribution in [1.82, 2.24) is 35.1 Å². The molecule has 10 nitrogen and oxygen atoms in total. The molecule has 2 aliphatic rings. The van der Waals surface area contributed by atoms with E-state index in [9.17, 15) is 0 Å². The highest BCUT2D eigenvalue weighted by Gasteiger charge is 2.21. The number of hydrogen-bond acceptors (Lipinski definition) is 8. The first-order valence-corrected chi connectivity index (χ1v) is 11.1. The van der Waals surface area contributed by atoms with Gasteiger partial charge in [0.1, 0.15) is 6.26 Å². The summed E-state index contributed by atoms with van der Waals surface area (Å²) in [5, 5.41) is 7.56. The van der Waals surface area contributed by atoms with E-state index in [1.54, 1.807) is 6.26 Å². The molecule has 2 aromatic heterocycles. The predicted molar refractivity (Wildman–Crippen MR) is 135 cm³/mol. The normalized spacial score (nSPS) is 18.5. The van der Waals surface area contributed by atoms with Gasteiger partial charge in [0.15, 0.2) is 5.96 Å². The summed E-state index contributed by atoms with van der Waals surface area (Å²) in [5.41, 5.74) is 0.994. The summed E-state index contributed by atoms with van der Waals surface area (Å²) in [4.78, 5) is 22.7. The van der Waals surface area contributed by atoms with Crippen molar-refractivity contribution in [3.63, 3.8) is 0 Å². The Labute approximate surface area is 207 Å². The largest absolute Gasteiger partial charge is 0.364 e. The number of nitrogens with zero attached hydrogens (tertiary/aromatic N) is 8. The van der Waals surface area contributed by atoms with E-state index in [-0.39, 0.29) is 24.0 Å². The number of aliphatic imine (C=N–C) groups is 1. The predicted octanol–water partition coefficient (Wildman–Crippen LogP) is 0.988. The standard InChI is InChI=1S/C21H33N9O.HI/c1-22-20(29-15-11-28(12-16-29)18-19-4-17-31-26-19)23-7-3-8-27-9-13-30(14-10-27)21-24-5-2-6-25-21;/h2,4-6,17H,3,7-16,18H2,1H3,(H,22,23);1H. The van der Waals surface area contributed by atoms with E-state index < -0.39 is 0 Å². The number of aromatic nitrogens is 3. The minimum atomic E-state index is 0. The second-order valence-corrected chi connectivity index (χ2v) is 7.96. The van der Waals surface area contributed by atoms with Crippen molar-refractivity contribution < 1.29 is 4.52 Å². The Morgan fingerprint density at radius 2 is 1.75 bits per heavy atom. The Balaban J connectivity index is 0.00000289. The van der Waals surface area contributed by atoms with E-state index in [0.29, 0.717) is 0 Å². The van der Waals surface area contributed by atoms with Gasteiger partial charge in [-0.25, -0.2) is 9.97 Å². The van der Waals surface area contributed by atoms with Crippen molar-refractivity contribution in [2.45, 2.75) is 13.0 Å². The summed E-state index contributed by atoms with van der Waals surface area (Å²) in [6, 6.07) is 3.79. The zero-order chi connectivity index (χ0) is 21.3. The molecule has 0 radical (unpaired) electrons. The van der Waals surface area contributed by atoms with Crippen LogP contribution in [0.4, 0.5) is 5.95 Å². The zero-order valence-electron chi connectivity index (χ0n) is 18.8. The van der Waals surface area contributed by atoms with Crippen LogP contribution in [0.3, 0.4) is 0 Å². The van der Waals surface area contributed by atoms with E-state index in [1.807, 2.05) is 31.6 Å². The van der Waals surface area contributed by atoms with Crippen LogP contribution in [0.25, 0.3) is 0 Å². The molecule has 0 atom stereocenters. The third-order valence-corrected chi connectivity index (χ3v) is 5.90. The van der Waals surface area contributed by atoms with Crippen LogP contribution in [-0.2, 0) is 6.54 Å². The van der Waals surface area contributed by atoms with E-state index in [4.69, 9.17) is 4.52 Å². The average molecular weight is 555 g/mol. The monoisotopic (exact) mass is 555 g/mol. The van der Waals surface area contributed by atoms with Crippen LogP contribution >= 0.6 is 24.0 Å². The molecule has 0 spiro atoms. The maximum atomic E-state index is 4.93. The molecule has 2 saturated heterocycles. The average Bonchev–Trinajstić information content (AvgIpc) is 3.34. The Bertz CT molecular complexity index is 789. The Hall–Kier alpha value is -1.99. The van der Waals surface area contributed by atoms with Crippen molar-refractivity contribution in [3.05, 3.63) is 36.5 Å². The van der Waals surface area contributed by atoms with E-state index in [1.165, 1.54) is 0 Å². The molecule has 11 heteroatoms. The number of guanidine groups is 1. The summed E-state index contributed by atoms with van der Waals surface area (Å²) in [7, 11) is 1.87. The minimum Gasteiger partial charge on any atom is -0.364 e. The fourth-order valence-corrected chi connectivity index (χ4v) is 4.13. The van der Waals surface area contributed by atoms with Crippen molar-refractivity contribution in [1.29, 1.82) is 0 Å². The molecule has 32 heavy (non-hydrogen) atoms. The van der Waals surface area contributed by atoms with Gasteiger partial charge in [-0.2, -0.15) is 0 Å². The van der Waals surface area contributed by atoms with Gasteiger partial charge in [0.05, 0.1) is 5.69 Å². The van der Waals surface area contributed by atoms with Gasteiger partial charge >= 0.3 is 0 Å². The number of piperazine rings is 2. The first-order valence-electron chi connectivity index (χ1n) is 11.1. The summed E-state index contributed by atoms with van der Waals surface area (Å²) in [6.07, 6.45) is 6.36. The van der Waals surface area contributed by atoms with Gasteiger partial charge in [0.2, 0.25) is 5.95 Å². The molecular weight excluding hydrogens is 521 g/mol. The summed E-state index contributed by atoms with van der Waals surface area (Å²) < 4.78 is 4.93.